The van der Waals surface area contributed by atoms with Crippen LogP contribution in [0, 0.1) is 6.61 Å². The summed E-state index contributed by atoms with van der Waals surface area (Å²) in [4.78, 5) is 0. The summed E-state index contributed by atoms with van der Waals surface area (Å²) in [5.74, 6) is 0.974. The highest BCUT2D eigenvalue weighted by Gasteiger charge is 2.17. The molecular weight excluding hydrogens is 172 g/mol. The van der Waals surface area contributed by atoms with Gasteiger partial charge in [-0.1, -0.05) is 45.9 Å². The van der Waals surface area contributed by atoms with Gasteiger partial charge in [0.1, 0.15) is 12.4 Å². The molecule has 0 heterocycles. The zero-order valence-electron chi connectivity index (χ0n) is 9.50. The van der Waals surface area contributed by atoms with Crippen molar-refractivity contribution >= 4 is 0 Å². The number of benzene rings is 1. The smallest absolute Gasteiger partial charge is 0.135 e. The van der Waals surface area contributed by atoms with E-state index in [2.05, 4.69) is 39.8 Å². The Morgan fingerprint density at radius 2 is 1.86 bits per heavy atom. The second-order valence-corrected chi connectivity index (χ2v) is 4.44. The quantitative estimate of drug-likeness (QED) is 0.703. The fourth-order valence-corrected chi connectivity index (χ4v) is 1.36. The van der Waals surface area contributed by atoms with E-state index in [-0.39, 0.29) is 5.41 Å². The number of hydrogen-bond acceptors (Lipinski definition) is 1. The Kier molecular flexibility index (Phi) is 3.56. The minimum atomic E-state index is 0.137. The summed E-state index contributed by atoms with van der Waals surface area (Å²) < 4.78 is 5.59. The highest BCUT2D eigenvalue weighted by Crippen LogP contribution is 2.31. The average Bonchev–Trinajstić information content (AvgIpc) is 2.14. The first-order chi connectivity index (χ1) is 6.55. The van der Waals surface area contributed by atoms with Gasteiger partial charge in [-0.25, -0.2) is 0 Å². The Morgan fingerprint density at radius 3 is 2.43 bits per heavy atom. The van der Waals surface area contributed by atoms with E-state index in [1.807, 2.05) is 18.7 Å². The van der Waals surface area contributed by atoms with Gasteiger partial charge in [0.25, 0.3) is 0 Å². The molecule has 0 spiro atoms. The molecule has 1 heteroatoms. The summed E-state index contributed by atoms with van der Waals surface area (Å²) in [5.41, 5.74) is 1.39. The molecule has 0 unspecified atom stereocenters. The van der Waals surface area contributed by atoms with Gasteiger partial charge in [-0.2, -0.15) is 0 Å². The SMILES string of the molecule is CC[CH]Oc1ccccc1C(C)(C)C. The van der Waals surface area contributed by atoms with Crippen molar-refractivity contribution in [3.8, 4) is 5.75 Å². The van der Waals surface area contributed by atoms with E-state index in [9.17, 15) is 0 Å². The van der Waals surface area contributed by atoms with Crippen LogP contribution >= 0.6 is 0 Å². The van der Waals surface area contributed by atoms with Crippen molar-refractivity contribution in [1.29, 1.82) is 0 Å². The van der Waals surface area contributed by atoms with Gasteiger partial charge in [-0.15, -0.1) is 0 Å². The lowest BCUT2D eigenvalue weighted by molar-refractivity contribution is 0.383. The van der Waals surface area contributed by atoms with Crippen molar-refractivity contribution in [2.45, 2.75) is 39.5 Å². The average molecular weight is 191 g/mol. The van der Waals surface area contributed by atoms with Gasteiger partial charge in [0.05, 0.1) is 0 Å². The lowest BCUT2D eigenvalue weighted by Gasteiger charge is -2.22. The van der Waals surface area contributed by atoms with Crippen LogP contribution in [0.25, 0.3) is 0 Å². The molecule has 1 radical (unpaired) electrons. The van der Waals surface area contributed by atoms with Crippen molar-refractivity contribution in [3.63, 3.8) is 0 Å². The first-order valence-corrected chi connectivity index (χ1v) is 5.13. The molecule has 0 saturated heterocycles. The van der Waals surface area contributed by atoms with Gasteiger partial charge >= 0.3 is 0 Å². The predicted octanol–water partition coefficient (Wildman–Crippen LogP) is 3.93. The number of hydrogen-bond donors (Lipinski definition) is 0. The fourth-order valence-electron chi connectivity index (χ4n) is 1.36. The van der Waals surface area contributed by atoms with E-state index in [1.165, 1.54) is 5.56 Å². The van der Waals surface area contributed by atoms with Crippen LogP contribution in [0.1, 0.15) is 39.7 Å². The summed E-state index contributed by atoms with van der Waals surface area (Å²) in [6.45, 7) is 10.5. The topological polar surface area (TPSA) is 9.23 Å². The van der Waals surface area contributed by atoms with Crippen LogP contribution in [-0.2, 0) is 5.41 Å². The zero-order chi connectivity index (χ0) is 10.6. The van der Waals surface area contributed by atoms with E-state index >= 15 is 0 Å². The minimum Gasteiger partial charge on any atom is -0.486 e. The van der Waals surface area contributed by atoms with Crippen LogP contribution in [0.15, 0.2) is 24.3 Å². The largest absolute Gasteiger partial charge is 0.486 e. The molecule has 77 valence electrons. The standard InChI is InChI=1S/C13H19O/c1-5-10-14-12-9-7-6-8-11(12)13(2,3)4/h6-10H,5H2,1-4H3. The van der Waals surface area contributed by atoms with Gasteiger partial charge in [0.15, 0.2) is 0 Å². The molecule has 0 aliphatic heterocycles. The highest BCUT2D eigenvalue weighted by atomic mass is 16.5. The number of ether oxygens (including phenoxy) is 1. The Labute approximate surface area is 87.1 Å². The summed E-state index contributed by atoms with van der Waals surface area (Å²) in [6.07, 6.45) is 0.929. The molecule has 0 aliphatic rings. The third-order valence-corrected chi connectivity index (χ3v) is 2.07. The third-order valence-electron chi connectivity index (χ3n) is 2.07. The van der Waals surface area contributed by atoms with E-state index in [1.54, 1.807) is 0 Å². The molecule has 0 amide bonds. The van der Waals surface area contributed by atoms with Crippen molar-refractivity contribution in [1.82, 2.24) is 0 Å². The monoisotopic (exact) mass is 191 g/mol. The van der Waals surface area contributed by atoms with Crippen LogP contribution in [0.4, 0.5) is 0 Å². The predicted molar refractivity (Wildman–Crippen MR) is 60.4 cm³/mol. The van der Waals surface area contributed by atoms with Crippen LogP contribution < -0.4 is 4.74 Å². The Balaban J connectivity index is 2.92. The second kappa shape index (κ2) is 4.50. The molecule has 14 heavy (non-hydrogen) atoms. The number of rotatable bonds is 3. The molecule has 0 aliphatic carbocycles. The molecule has 0 bridgehead atoms. The van der Waals surface area contributed by atoms with Gasteiger partial charge in [0, 0.05) is 0 Å². The van der Waals surface area contributed by atoms with Crippen molar-refractivity contribution in [2.75, 3.05) is 0 Å². The molecule has 0 saturated carbocycles. The van der Waals surface area contributed by atoms with Gasteiger partial charge < -0.3 is 4.74 Å². The van der Waals surface area contributed by atoms with E-state index in [0.717, 1.165) is 12.2 Å². The van der Waals surface area contributed by atoms with E-state index < -0.39 is 0 Å². The van der Waals surface area contributed by atoms with Gasteiger partial charge in [-0.05, 0) is 23.5 Å². The van der Waals surface area contributed by atoms with Crippen molar-refractivity contribution < 1.29 is 4.74 Å². The third kappa shape index (κ3) is 2.76. The van der Waals surface area contributed by atoms with Crippen LogP contribution in [0.5, 0.6) is 5.75 Å². The molecular formula is C13H19O. The van der Waals surface area contributed by atoms with Crippen molar-refractivity contribution in [3.05, 3.63) is 36.4 Å². The molecule has 0 N–H and O–H groups in total. The normalized spacial score (nSPS) is 11.4. The summed E-state index contributed by atoms with van der Waals surface area (Å²) in [6, 6.07) is 8.21. The minimum absolute atomic E-state index is 0.137. The van der Waals surface area contributed by atoms with Gasteiger partial charge in [-0.3, -0.25) is 0 Å². The lowest BCUT2D eigenvalue weighted by atomic mass is 9.86. The molecule has 1 aromatic rings. The van der Waals surface area contributed by atoms with Crippen LogP contribution in [-0.4, -0.2) is 0 Å². The molecule has 1 rings (SSSR count). The Morgan fingerprint density at radius 1 is 1.21 bits per heavy atom. The maximum absolute atomic E-state index is 5.59. The Bertz CT molecular complexity index is 284. The van der Waals surface area contributed by atoms with E-state index in [4.69, 9.17) is 4.74 Å². The van der Waals surface area contributed by atoms with Gasteiger partial charge in [0.2, 0.25) is 0 Å². The molecule has 0 atom stereocenters. The van der Waals surface area contributed by atoms with Crippen LogP contribution in [0.3, 0.4) is 0 Å². The maximum atomic E-state index is 5.59. The molecule has 0 aromatic heterocycles. The fraction of sp³-hybridized carbons (Fsp3) is 0.462. The first-order valence-electron chi connectivity index (χ1n) is 5.13. The molecule has 1 nitrogen and oxygen atoms in total. The zero-order valence-corrected chi connectivity index (χ0v) is 9.50. The maximum Gasteiger partial charge on any atom is 0.135 e. The Hall–Kier alpha value is -0.980. The summed E-state index contributed by atoms with van der Waals surface area (Å²) in [5, 5.41) is 0. The lowest BCUT2D eigenvalue weighted by Crippen LogP contribution is -2.12. The van der Waals surface area contributed by atoms with Crippen molar-refractivity contribution in [2.24, 2.45) is 0 Å². The number of para-hydroxylation sites is 1. The molecule has 0 fully saturated rings. The molecule has 1 aromatic carbocycles. The second-order valence-electron chi connectivity index (χ2n) is 4.44. The first kappa shape index (κ1) is 11.1. The van der Waals surface area contributed by atoms with Crippen LogP contribution in [0.2, 0.25) is 0 Å². The van der Waals surface area contributed by atoms with E-state index in [0.29, 0.717) is 0 Å². The summed E-state index contributed by atoms with van der Waals surface area (Å²) in [7, 11) is 0. The highest BCUT2D eigenvalue weighted by molar-refractivity contribution is 5.38. The summed E-state index contributed by atoms with van der Waals surface area (Å²) >= 11 is 0.